The molecule has 0 saturated carbocycles. The number of amides is 2. The van der Waals surface area contributed by atoms with Crippen LogP contribution in [0.2, 0.25) is 0 Å². The lowest BCUT2D eigenvalue weighted by molar-refractivity contribution is 0.0300. The molecule has 32 heavy (non-hydrogen) atoms. The van der Waals surface area contributed by atoms with E-state index in [0.29, 0.717) is 6.54 Å². The molecule has 4 nitrogen and oxygen atoms in total. The highest BCUT2D eigenvalue weighted by Crippen LogP contribution is 2.34. The van der Waals surface area contributed by atoms with Gasteiger partial charge >= 0.3 is 6.03 Å². The predicted molar refractivity (Wildman–Crippen MR) is 133 cm³/mol. The Morgan fingerprint density at radius 3 is 2.50 bits per heavy atom. The van der Waals surface area contributed by atoms with E-state index < -0.39 is 0 Å². The molecule has 168 valence electrons. The molecule has 3 aromatic rings. The van der Waals surface area contributed by atoms with Crippen LogP contribution in [0.15, 0.2) is 72.8 Å². The molecule has 1 aliphatic rings. The van der Waals surface area contributed by atoms with Crippen molar-refractivity contribution in [2.75, 3.05) is 20.1 Å². The second-order valence-corrected chi connectivity index (χ2v) is 9.88. The molecule has 3 aromatic carbocycles. The third kappa shape index (κ3) is 4.81. The quantitative estimate of drug-likeness (QED) is 0.553. The number of carbonyl (C=O) groups is 1. The van der Waals surface area contributed by atoms with Crippen LogP contribution in [-0.2, 0) is 6.54 Å². The highest BCUT2D eigenvalue weighted by atomic mass is 16.2. The molecular weight excluding hydrogens is 394 g/mol. The molecule has 0 aliphatic carbocycles. The van der Waals surface area contributed by atoms with E-state index in [9.17, 15) is 4.79 Å². The molecule has 1 N–H and O–H groups in total. The molecule has 0 spiro atoms. The van der Waals surface area contributed by atoms with E-state index in [1.807, 2.05) is 18.2 Å². The first-order chi connectivity index (χ1) is 15.3. The average Bonchev–Trinajstić information content (AvgIpc) is 2.77. The molecule has 1 heterocycles. The first kappa shape index (κ1) is 22.3. The van der Waals surface area contributed by atoms with E-state index in [-0.39, 0.29) is 23.5 Å². The molecule has 4 heteroatoms. The summed E-state index contributed by atoms with van der Waals surface area (Å²) in [5, 5.41) is 5.72. The number of likely N-dealkylation sites (tertiary alicyclic amines) is 1. The van der Waals surface area contributed by atoms with Crippen molar-refractivity contribution in [3.8, 4) is 0 Å². The number of rotatable bonds is 5. The minimum absolute atomic E-state index is 0.0110. The zero-order valence-electron chi connectivity index (χ0n) is 19.7. The first-order valence-corrected chi connectivity index (χ1v) is 11.6. The van der Waals surface area contributed by atoms with Gasteiger partial charge in [0.25, 0.3) is 0 Å². The van der Waals surface area contributed by atoms with E-state index in [1.54, 1.807) is 0 Å². The highest BCUT2D eigenvalue weighted by molar-refractivity contribution is 5.86. The first-order valence-electron chi connectivity index (χ1n) is 11.6. The summed E-state index contributed by atoms with van der Waals surface area (Å²) in [7, 11) is 2.17. The SMILES string of the molecule is C[C@@H](NC(=O)N(Cc1ccccc1)C1CCN(C)CC1(C)C)c1cccc2ccccc12. The second kappa shape index (κ2) is 9.33. The number of fused-ring (bicyclic) bond motifs is 1. The lowest BCUT2D eigenvalue weighted by atomic mass is 9.78. The number of hydrogen-bond acceptors (Lipinski definition) is 2. The Labute approximate surface area is 192 Å². The van der Waals surface area contributed by atoms with Crippen molar-refractivity contribution in [2.45, 2.75) is 45.8 Å². The number of nitrogens with zero attached hydrogens (tertiary/aromatic N) is 2. The molecule has 2 atom stereocenters. The summed E-state index contributed by atoms with van der Waals surface area (Å²) in [6.45, 7) is 9.26. The van der Waals surface area contributed by atoms with Gasteiger partial charge in [0.2, 0.25) is 0 Å². The maximum atomic E-state index is 13.7. The number of urea groups is 1. The van der Waals surface area contributed by atoms with Gasteiger partial charge in [0.1, 0.15) is 0 Å². The smallest absolute Gasteiger partial charge is 0.318 e. The Kier molecular flexibility index (Phi) is 6.52. The summed E-state index contributed by atoms with van der Waals surface area (Å²) in [5.74, 6) is 0. The summed E-state index contributed by atoms with van der Waals surface area (Å²) in [4.78, 5) is 18.2. The van der Waals surface area contributed by atoms with Crippen molar-refractivity contribution >= 4 is 16.8 Å². The molecule has 4 rings (SSSR count). The molecule has 0 aromatic heterocycles. The number of hydrogen-bond donors (Lipinski definition) is 1. The zero-order valence-corrected chi connectivity index (χ0v) is 19.7. The third-order valence-corrected chi connectivity index (χ3v) is 6.83. The van der Waals surface area contributed by atoms with Gasteiger partial charge < -0.3 is 15.1 Å². The number of piperidine rings is 1. The van der Waals surface area contributed by atoms with Gasteiger partial charge in [-0.3, -0.25) is 0 Å². The van der Waals surface area contributed by atoms with Crippen LogP contribution in [0.25, 0.3) is 10.8 Å². The van der Waals surface area contributed by atoms with Crippen LogP contribution in [0.1, 0.15) is 44.4 Å². The predicted octanol–water partition coefficient (Wildman–Crippen LogP) is 5.84. The molecule has 0 bridgehead atoms. The van der Waals surface area contributed by atoms with Crippen molar-refractivity contribution in [1.82, 2.24) is 15.1 Å². The molecule has 1 aliphatic heterocycles. The summed E-state index contributed by atoms with van der Waals surface area (Å²) < 4.78 is 0. The van der Waals surface area contributed by atoms with Gasteiger partial charge in [-0.2, -0.15) is 0 Å². The van der Waals surface area contributed by atoms with Gasteiger partial charge in [0.15, 0.2) is 0 Å². The fourth-order valence-electron chi connectivity index (χ4n) is 5.27. The molecular formula is C28H35N3O. The average molecular weight is 430 g/mol. The topological polar surface area (TPSA) is 35.6 Å². The van der Waals surface area contributed by atoms with Crippen LogP contribution in [0.4, 0.5) is 4.79 Å². The van der Waals surface area contributed by atoms with Gasteiger partial charge in [-0.1, -0.05) is 86.6 Å². The fourth-order valence-corrected chi connectivity index (χ4v) is 5.27. The normalized spacial score (nSPS) is 19.4. The third-order valence-electron chi connectivity index (χ3n) is 6.83. The van der Waals surface area contributed by atoms with Gasteiger partial charge in [0.05, 0.1) is 6.04 Å². The Morgan fingerprint density at radius 1 is 1.06 bits per heavy atom. The van der Waals surface area contributed by atoms with Gasteiger partial charge in [-0.15, -0.1) is 0 Å². The van der Waals surface area contributed by atoms with Crippen molar-refractivity contribution in [3.63, 3.8) is 0 Å². The van der Waals surface area contributed by atoms with E-state index >= 15 is 0 Å². The Bertz CT molecular complexity index is 1060. The van der Waals surface area contributed by atoms with Crippen LogP contribution in [-0.4, -0.2) is 42.0 Å². The lowest BCUT2D eigenvalue weighted by Gasteiger charge is -2.48. The van der Waals surface area contributed by atoms with Crippen LogP contribution in [0.5, 0.6) is 0 Å². The maximum absolute atomic E-state index is 13.7. The van der Waals surface area contributed by atoms with Crippen molar-refractivity contribution in [1.29, 1.82) is 0 Å². The standard InChI is InChI=1S/C28H35N3O/c1-21(24-16-10-14-23-13-8-9-15-25(23)24)29-27(32)31(19-22-11-6-5-7-12-22)26-17-18-30(4)20-28(26,2)3/h5-16,21,26H,17-20H2,1-4H3,(H,29,32)/t21-,26?/m1/s1. The number of carbonyl (C=O) groups excluding carboxylic acids is 1. The van der Waals surface area contributed by atoms with Crippen LogP contribution >= 0.6 is 0 Å². The van der Waals surface area contributed by atoms with E-state index in [4.69, 9.17) is 0 Å². The molecule has 1 saturated heterocycles. The minimum atomic E-state index is -0.0822. The van der Waals surface area contributed by atoms with Gasteiger partial charge in [0, 0.05) is 19.1 Å². The van der Waals surface area contributed by atoms with Gasteiger partial charge in [-0.05, 0) is 54.3 Å². The van der Waals surface area contributed by atoms with Gasteiger partial charge in [-0.25, -0.2) is 4.79 Å². The number of benzene rings is 3. The van der Waals surface area contributed by atoms with Crippen molar-refractivity contribution < 1.29 is 4.79 Å². The summed E-state index contributed by atoms with van der Waals surface area (Å²) >= 11 is 0. The Hall–Kier alpha value is -2.85. The Balaban J connectivity index is 1.61. The minimum Gasteiger partial charge on any atom is -0.331 e. The summed E-state index contributed by atoms with van der Waals surface area (Å²) in [6.07, 6.45) is 0.979. The van der Waals surface area contributed by atoms with E-state index in [2.05, 4.69) is 97.5 Å². The zero-order chi connectivity index (χ0) is 22.7. The molecule has 1 fully saturated rings. The van der Waals surface area contributed by atoms with E-state index in [1.165, 1.54) is 10.8 Å². The fraction of sp³-hybridized carbons (Fsp3) is 0.393. The Morgan fingerprint density at radius 2 is 1.75 bits per heavy atom. The van der Waals surface area contributed by atoms with Crippen molar-refractivity contribution in [2.24, 2.45) is 5.41 Å². The second-order valence-electron chi connectivity index (χ2n) is 9.88. The number of nitrogens with one attached hydrogen (secondary N) is 1. The molecule has 2 amide bonds. The van der Waals surface area contributed by atoms with E-state index in [0.717, 1.165) is 30.6 Å². The largest absolute Gasteiger partial charge is 0.331 e. The van der Waals surface area contributed by atoms with Crippen molar-refractivity contribution in [3.05, 3.63) is 83.9 Å². The van der Waals surface area contributed by atoms with Crippen LogP contribution in [0.3, 0.4) is 0 Å². The van der Waals surface area contributed by atoms with Crippen LogP contribution < -0.4 is 5.32 Å². The summed E-state index contributed by atoms with van der Waals surface area (Å²) in [5.41, 5.74) is 2.33. The molecule has 0 radical (unpaired) electrons. The van der Waals surface area contributed by atoms with Crippen LogP contribution in [0, 0.1) is 5.41 Å². The molecule has 1 unspecified atom stereocenters. The maximum Gasteiger partial charge on any atom is 0.318 e. The highest BCUT2D eigenvalue weighted by Gasteiger charge is 2.40. The lowest BCUT2D eigenvalue weighted by Crippen LogP contribution is -2.58. The monoisotopic (exact) mass is 429 g/mol. The summed E-state index contributed by atoms with van der Waals surface area (Å²) in [6, 6.07) is 25.1.